The lowest BCUT2D eigenvalue weighted by atomic mass is 10.2. The molecular formula is C27H21N5O3. The predicted molar refractivity (Wildman–Crippen MR) is 130 cm³/mol. The van der Waals surface area contributed by atoms with Gasteiger partial charge in [0.1, 0.15) is 17.0 Å². The van der Waals surface area contributed by atoms with Gasteiger partial charge in [0.05, 0.1) is 6.61 Å². The van der Waals surface area contributed by atoms with Crippen LogP contribution in [0.5, 0.6) is 17.4 Å². The first kappa shape index (κ1) is 22.0. The molecule has 0 fully saturated rings. The van der Waals surface area contributed by atoms with E-state index in [1.54, 1.807) is 24.4 Å². The highest BCUT2D eigenvalue weighted by molar-refractivity contribution is 5.71. The van der Waals surface area contributed by atoms with Crippen LogP contribution in [-0.2, 0) is 0 Å². The second-order valence-corrected chi connectivity index (χ2v) is 7.57. The number of unbranched alkanes of at least 4 members (excludes halogenated alkanes) is 1. The summed E-state index contributed by atoms with van der Waals surface area (Å²) in [6.07, 6.45) is 5.08. The third-order valence-electron chi connectivity index (χ3n) is 5.03. The van der Waals surface area contributed by atoms with Crippen LogP contribution >= 0.6 is 0 Å². The van der Waals surface area contributed by atoms with E-state index >= 15 is 0 Å². The highest BCUT2D eigenvalue weighted by Crippen LogP contribution is 2.26. The van der Waals surface area contributed by atoms with Gasteiger partial charge in [0.15, 0.2) is 11.3 Å². The number of aromatic nitrogens is 5. The minimum absolute atomic E-state index is 0.294. The smallest absolute Gasteiger partial charge is 0.255 e. The van der Waals surface area contributed by atoms with Crippen LogP contribution in [0.3, 0.4) is 0 Å². The number of fused-ring (bicyclic) bond motifs is 1. The summed E-state index contributed by atoms with van der Waals surface area (Å²) in [7, 11) is 0. The highest BCUT2D eigenvalue weighted by atomic mass is 16.5. The van der Waals surface area contributed by atoms with E-state index in [9.17, 15) is 0 Å². The van der Waals surface area contributed by atoms with Gasteiger partial charge in [0, 0.05) is 17.3 Å². The van der Waals surface area contributed by atoms with E-state index < -0.39 is 0 Å². The van der Waals surface area contributed by atoms with Gasteiger partial charge in [-0.1, -0.05) is 19.3 Å². The lowest BCUT2D eigenvalue weighted by Crippen LogP contribution is -1.98. The third kappa shape index (κ3) is 5.42. The lowest BCUT2D eigenvalue weighted by Gasteiger charge is -2.08. The summed E-state index contributed by atoms with van der Waals surface area (Å²) in [6.45, 7) is 2.84. The number of benzene rings is 2. The summed E-state index contributed by atoms with van der Waals surface area (Å²) < 4.78 is 17.0. The molecule has 3 aromatic heterocycles. The molecule has 0 aliphatic carbocycles. The molecule has 0 unspecified atom stereocenters. The molecule has 0 bridgehead atoms. The number of rotatable bonds is 7. The molecule has 0 saturated carbocycles. The number of ether oxygens (including phenoxy) is 2. The number of hydrogen-bond acceptors (Lipinski definition) is 8. The molecule has 8 nitrogen and oxygen atoms in total. The fourth-order valence-corrected chi connectivity index (χ4v) is 3.21. The fraction of sp³-hybridized carbons (Fsp3) is 0.148. The zero-order chi connectivity index (χ0) is 23.9. The van der Waals surface area contributed by atoms with Crippen LogP contribution in [0.1, 0.15) is 31.0 Å². The molecule has 3 heterocycles. The molecular weight excluding hydrogens is 442 g/mol. The van der Waals surface area contributed by atoms with Gasteiger partial charge in [-0.2, -0.15) is 0 Å². The molecule has 172 valence electrons. The Morgan fingerprint density at radius 2 is 1.74 bits per heavy atom. The van der Waals surface area contributed by atoms with Crippen LogP contribution < -0.4 is 9.47 Å². The Hall–Kier alpha value is -4.77. The molecule has 0 aliphatic heterocycles. The average Bonchev–Trinajstić information content (AvgIpc) is 3.44. The Morgan fingerprint density at radius 1 is 0.914 bits per heavy atom. The minimum atomic E-state index is 0.294. The Balaban J connectivity index is 1.41. The topological polar surface area (TPSA) is 96.1 Å². The first-order chi connectivity index (χ1) is 17.3. The summed E-state index contributed by atoms with van der Waals surface area (Å²) in [4.78, 5) is 13.5. The van der Waals surface area contributed by atoms with E-state index in [2.05, 4.69) is 43.9 Å². The number of pyridine rings is 1. The zero-order valence-corrected chi connectivity index (χ0v) is 19.0. The number of nitrogens with zero attached hydrogens (tertiary/aromatic N) is 5. The van der Waals surface area contributed by atoms with Crippen molar-refractivity contribution in [3.8, 4) is 40.7 Å². The van der Waals surface area contributed by atoms with E-state index in [4.69, 9.17) is 13.9 Å². The molecule has 0 spiro atoms. The second-order valence-electron chi connectivity index (χ2n) is 7.57. The Morgan fingerprint density at radius 3 is 2.51 bits per heavy atom. The summed E-state index contributed by atoms with van der Waals surface area (Å²) in [5.74, 6) is 8.34. The molecule has 5 rings (SSSR count). The van der Waals surface area contributed by atoms with E-state index in [1.165, 1.54) is 6.39 Å². The molecule has 5 aromatic rings. The second kappa shape index (κ2) is 10.4. The van der Waals surface area contributed by atoms with E-state index in [-0.39, 0.29) is 0 Å². The van der Waals surface area contributed by atoms with Crippen molar-refractivity contribution in [1.82, 2.24) is 25.1 Å². The van der Waals surface area contributed by atoms with Gasteiger partial charge >= 0.3 is 0 Å². The normalized spacial score (nSPS) is 10.5. The van der Waals surface area contributed by atoms with E-state index in [0.717, 1.165) is 29.7 Å². The first-order valence-electron chi connectivity index (χ1n) is 11.2. The van der Waals surface area contributed by atoms with Crippen molar-refractivity contribution in [3.63, 3.8) is 0 Å². The van der Waals surface area contributed by atoms with Crippen LogP contribution in [0.15, 0.2) is 77.7 Å². The average molecular weight is 463 g/mol. The van der Waals surface area contributed by atoms with Crippen molar-refractivity contribution in [1.29, 1.82) is 0 Å². The SMILES string of the molecule is CCCCOc1ccc(C#Cc2nc3ncccc3nc2Oc2ccc(-c3nnco3)cc2)cc1. The zero-order valence-electron chi connectivity index (χ0n) is 19.0. The van der Waals surface area contributed by atoms with Crippen LogP contribution in [-0.4, -0.2) is 31.8 Å². The standard InChI is InChI=1S/C27H21N5O3/c1-2-3-17-33-21-11-6-19(7-12-21)8-15-24-27(31-23-5-4-16-28-25(23)30-24)35-22-13-9-20(10-14-22)26-32-29-18-34-26/h4-7,9-14,16,18H,2-3,17H2,1H3. The van der Waals surface area contributed by atoms with Crippen LogP contribution in [0.4, 0.5) is 0 Å². The summed E-state index contributed by atoms with van der Waals surface area (Å²) >= 11 is 0. The maximum absolute atomic E-state index is 6.06. The minimum Gasteiger partial charge on any atom is -0.494 e. The maximum atomic E-state index is 6.06. The Labute approximate surface area is 202 Å². The molecule has 35 heavy (non-hydrogen) atoms. The van der Waals surface area contributed by atoms with Crippen molar-refractivity contribution < 1.29 is 13.9 Å². The maximum Gasteiger partial charge on any atom is 0.255 e. The molecule has 0 saturated heterocycles. The molecule has 0 atom stereocenters. The van der Waals surface area contributed by atoms with Gasteiger partial charge in [-0.15, -0.1) is 10.2 Å². The van der Waals surface area contributed by atoms with Crippen LogP contribution in [0.25, 0.3) is 22.6 Å². The summed E-state index contributed by atoms with van der Waals surface area (Å²) in [5, 5.41) is 7.61. The molecule has 0 amide bonds. The molecule has 0 N–H and O–H groups in total. The Kier molecular flexibility index (Phi) is 6.58. The number of hydrogen-bond donors (Lipinski definition) is 0. The van der Waals surface area contributed by atoms with Crippen molar-refractivity contribution in [2.75, 3.05) is 6.61 Å². The first-order valence-corrected chi connectivity index (χ1v) is 11.2. The van der Waals surface area contributed by atoms with Crippen molar-refractivity contribution in [2.45, 2.75) is 19.8 Å². The van der Waals surface area contributed by atoms with Gasteiger partial charge in [-0.3, -0.25) is 0 Å². The Bertz CT molecular complexity index is 1470. The molecule has 2 aromatic carbocycles. The van der Waals surface area contributed by atoms with Gasteiger partial charge in [-0.25, -0.2) is 15.0 Å². The van der Waals surface area contributed by atoms with Crippen molar-refractivity contribution in [3.05, 3.63) is 84.5 Å². The van der Waals surface area contributed by atoms with E-state index in [1.807, 2.05) is 42.5 Å². The predicted octanol–water partition coefficient (Wildman–Crippen LogP) is 5.45. The van der Waals surface area contributed by atoms with Crippen molar-refractivity contribution in [2.24, 2.45) is 0 Å². The quantitative estimate of drug-likeness (QED) is 0.232. The van der Waals surface area contributed by atoms with Crippen LogP contribution in [0.2, 0.25) is 0 Å². The molecule has 0 aliphatic rings. The van der Waals surface area contributed by atoms with Crippen molar-refractivity contribution >= 4 is 11.2 Å². The van der Waals surface area contributed by atoms with Gasteiger partial charge in [-0.05, 0) is 73.0 Å². The van der Waals surface area contributed by atoms with Gasteiger partial charge < -0.3 is 13.9 Å². The van der Waals surface area contributed by atoms with Crippen LogP contribution in [0, 0.1) is 11.8 Å². The largest absolute Gasteiger partial charge is 0.494 e. The monoisotopic (exact) mass is 463 g/mol. The van der Waals surface area contributed by atoms with Gasteiger partial charge in [0.2, 0.25) is 12.3 Å². The molecule has 8 heteroatoms. The summed E-state index contributed by atoms with van der Waals surface area (Å²) in [5.41, 5.74) is 3.11. The fourth-order valence-electron chi connectivity index (χ4n) is 3.21. The van der Waals surface area contributed by atoms with E-state index in [0.29, 0.717) is 41.0 Å². The third-order valence-corrected chi connectivity index (χ3v) is 5.03. The highest BCUT2D eigenvalue weighted by Gasteiger charge is 2.11. The lowest BCUT2D eigenvalue weighted by molar-refractivity contribution is 0.309. The van der Waals surface area contributed by atoms with Gasteiger partial charge in [0.25, 0.3) is 5.88 Å². The molecule has 0 radical (unpaired) electrons. The summed E-state index contributed by atoms with van der Waals surface area (Å²) in [6, 6.07) is 18.5.